The van der Waals surface area contributed by atoms with E-state index in [1.54, 1.807) is 0 Å². The molecule has 2 heteroatoms. The summed E-state index contributed by atoms with van der Waals surface area (Å²) in [6.07, 6.45) is 0. The van der Waals surface area contributed by atoms with Gasteiger partial charge in [-0.3, -0.25) is 0 Å². The van der Waals surface area contributed by atoms with Crippen molar-refractivity contribution in [3.63, 3.8) is 0 Å². The standard InChI is InChI=1S/C50H32N2/c1-3-13-33(14-4-1)51(47-31-29-43-39-19-9-7-17-37(39)41-21-11-23-45(47)49(41)43)35-25-27-36(28-26-35)52(34-15-5-2-6-16-34)48-32-30-44-40-20-10-8-18-38(40)42-22-12-24-46(48)50(42)44/h1-32H. The molecule has 0 heterocycles. The summed E-state index contributed by atoms with van der Waals surface area (Å²) in [5, 5.41) is 5.14. The van der Waals surface area contributed by atoms with Crippen LogP contribution >= 0.6 is 0 Å². The second-order valence-corrected chi connectivity index (χ2v) is 13.7. The van der Waals surface area contributed by atoms with Gasteiger partial charge in [-0.05, 0) is 116 Å². The summed E-state index contributed by atoms with van der Waals surface area (Å²) in [7, 11) is 0. The van der Waals surface area contributed by atoms with E-state index >= 15 is 0 Å². The number of rotatable bonds is 6. The minimum absolute atomic E-state index is 1.11. The summed E-state index contributed by atoms with van der Waals surface area (Å²) < 4.78 is 0. The van der Waals surface area contributed by atoms with Gasteiger partial charge in [-0.2, -0.15) is 0 Å². The third kappa shape index (κ3) is 4.19. The lowest BCUT2D eigenvalue weighted by Gasteiger charge is -2.30. The number of nitrogens with zero attached hydrogens (tertiary/aromatic N) is 2. The van der Waals surface area contributed by atoms with Gasteiger partial charge < -0.3 is 9.80 Å². The molecule has 0 N–H and O–H groups in total. The Kier molecular flexibility index (Phi) is 6.28. The van der Waals surface area contributed by atoms with Crippen molar-refractivity contribution in [3.8, 4) is 44.5 Å². The summed E-state index contributed by atoms with van der Waals surface area (Å²) in [6, 6.07) is 70.8. The van der Waals surface area contributed by atoms with Gasteiger partial charge in [0.2, 0.25) is 0 Å². The van der Waals surface area contributed by atoms with E-state index in [9.17, 15) is 0 Å². The third-order valence-corrected chi connectivity index (χ3v) is 10.9. The summed E-state index contributed by atoms with van der Waals surface area (Å²) in [6.45, 7) is 0. The highest BCUT2D eigenvalue weighted by atomic mass is 15.2. The zero-order valence-corrected chi connectivity index (χ0v) is 28.4. The Hall–Kier alpha value is -6.90. The lowest BCUT2D eigenvalue weighted by Crippen LogP contribution is -2.12. The molecule has 0 unspecified atom stereocenters. The van der Waals surface area contributed by atoms with E-state index in [0.717, 1.165) is 22.7 Å². The fourth-order valence-electron chi connectivity index (χ4n) is 8.74. The van der Waals surface area contributed by atoms with E-state index < -0.39 is 0 Å². The van der Waals surface area contributed by atoms with Crippen LogP contribution in [0.4, 0.5) is 34.1 Å². The van der Waals surface area contributed by atoms with Crippen molar-refractivity contribution < 1.29 is 0 Å². The topological polar surface area (TPSA) is 6.48 Å². The van der Waals surface area contributed by atoms with Crippen molar-refractivity contribution in [2.75, 3.05) is 9.80 Å². The molecule has 52 heavy (non-hydrogen) atoms. The highest BCUT2D eigenvalue weighted by molar-refractivity contribution is 6.20. The molecular weight excluding hydrogens is 629 g/mol. The SMILES string of the molecule is c1ccc(N(c2ccc(N(c3ccccc3)c3ccc4c5c(cccc35)-c3ccccc3-4)cc2)c2ccc3c4c(cccc24)-c2ccccc2-3)cc1. The van der Waals surface area contributed by atoms with Crippen molar-refractivity contribution in [2.45, 2.75) is 0 Å². The van der Waals surface area contributed by atoms with Crippen LogP contribution in [0.1, 0.15) is 0 Å². The first-order valence-corrected chi connectivity index (χ1v) is 17.9. The van der Waals surface area contributed by atoms with Gasteiger partial charge in [0, 0.05) is 33.5 Å². The van der Waals surface area contributed by atoms with Crippen LogP contribution in [0.5, 0.6) is 0 Å². The first-order valence-electron chi connectivity index (χ1n) is 17.9. The summed E-state index contributed by atoms with van der Waals surface area (Å²) >= 11 is 0. The zero-order chi connectivity index (χ0) is 34.2. The van der Waals surface area contributed by atoms with Crippen molar-refractivity contribution in [1.29, 1.82) is 0 Å². The maximum absolute atomic E-state index is 2.40. The number of para-hydroxylation sites is 2. The highest BCUT2D eigenvalue weighted by Gasteiger charge is 2.26. The molecule has 11 rings (SSSR count). The van der Waals surface area contributed by atoms with Crippen LogP contribution in [-0.2, 0) is 0 Å². The Balaban J connectivity index is 1.07. The quantitative estimate of drug-likeness (QED) is 0.175. The Morgan fingerprint density at radius 2 is 0.519 bits per heavy atom. The average Bonchev–Trinajstić information content (AvgIpc) is 3.72. The number of hydrogen-bond donors (Lipinski definition) is 0. The molecule has 0 atom stereocenters. The van der Waals surface area contributed by atoms with Gasteiger partial charge in [-0.25, -0.2) is 0 Å². The van der Waals surface area contributed by atoms with E-state index in [1.165, 1.54) is 77.4 Å². The summed E-state index contributed by atoms with van der Waals surface area (Å²) in [5.41, 5.74) is 17.3. The predicted molar refractivity (Wildman–Crippen MR) is 220 cm³/mol. The number of hydrogen-bond acceptors (Lipinski definition) is 2. The van der Waals surface area contributed by atoms with Crippen molar-refractivity contribution >= 4 is 55.7 Å². The van der Waals surface area contributed by atoms with Crippen molar-refractivity contribution in [3.05, 3.63) is 194 Å². The molecule has 9 aromatic carbocycles. The van der Waals surface area contributed by atoms with Crippen LogP contribution in [0.25, 0.3) is 66.1 Å². The molecule has 0 saturated heterocycles. The number of fused-ring (bicyclic) bond motifs is 6. The molecule has 0 radical (unpaired) electrons. The maximum Gasteiger partial charge on any atom is 0.0540 e. The fraction of sp³-hybridized carbons (Fsp3) is 0. The molecular formula is C50H32N2. The molecule has 0 spiro atoms. The molecule has 0 fully saturated rings. The van der Waals surface area contributed by atoms with Crippen LogP contribution in [-0.4, -0.2) is 0 Å². The largest absolute Gasteiger partial charge is 0.310 e. The first kappa shape index (κ1) is 28.9. The van der Waals surface area contributed by atoms with E-state index in [4.69, 9.17) is 0 Å². The smallest absolute Gasteiger partial charge is 0.0540 e. The highest BCUT2D eigenvalue weighted by Crippen LogP contribution is 2.53. The van der Waals surface area contributed by atoms with Gasteiger partial charge in [0.25, 0.3) is 0 Å². The van der Waals surface area contributed by atoms with Crippen LogP contribution < -0.4 is 9.80 Å². The monoisotopic (exact) mass is 660 g/mol. The lowest BCUT2D eigenvalue weighted by atomic mass is 9.99. The fourth-order valence-corrected chi connectivity index (χ4v) is 8.74. The molecule has 0 amide bonds. The summed E-state index contributed by atoms with van der Waals surface area (Å²) in [4.78, 5) is 4.80. The second kappa shape index (κ2) is 11.3. The second-order valence-electron chi connectivity index (χ2n) is 13.7. The Labute approximate surface area is 303 Å². The average molecular weight is 661 g/mol. The third-order valence-electron chi connectivity index (χ3n) is 10.9. The molecule has 0 bridgehead atoms. The Morgan fingerprint density at radius 3 is 0.904 bits per heavy atom. The van der Waals surface area contributed by atoms with Gasteiger partial charge in [0.15, 0.2) is 0 Å². The summed E-state index contributed by atoms with van der Waals surface area (Å²) in [5.74, 6) is 0. The van der Waals surface area contributed by atoms with Crippen molar-refractivity contribution in [2.24, 2.45) is 0 Å². The van der Waals surface area contributed by atoms with Crippen LogP contribution in [0, 0.1) is 0 Å². The molecule has 2 aliphatic rings. The normalized spacial score (nSPS) is 11.8. The van der Waals surface area contributed by atoms with Gasteiger partial charge in [-0.15, -0.1) is 0 Å². The van der Waals surface area contributed by atoms with Gasteiger partial charge in [-0.1, -0.05) is 133 Å². The lowest BCUT2D eigenvalue weighted by molar-refractivity contribution is 1.27. The van der Waals surface area contributed by atoms with Crippen LogP contribution in [0.15, 0.2) is 194 Å². The molecule has 2 nitrogen and oxygen atoms in total. The molecule has 0 aromatic heterocycles. The van der Waals surface area contributed by atoms with Crippen LogP contribution in [0.2, 0.25) is 0 Å². The Morgan fingerprint density at radius 1 is 0.212 bits per heavy atom. The molecule has 242 valence electrons. The maximum atomic E-state index is 2.40. The van der Waals surface area contributed by atoms with Gasteiger partial charge in [0.05, 0.1) is 11.4 Å². The molecule has 0 aliphatic heterocycles. The van der Waals surface area contributed by atoms with Gasteiger partial charge >= 0.3 is 0 Å². The number of benzene rings is 9. The van der Waals surface area contributed by atoms with E-state index in [-0.39, 0.29) is 0 Å². The first-order chi connectivity index (χ1) is 25.8. The van der Waals surface area contributed by atoms with Gasteiger partial charge in [0.1, 0.15) is 0 Å². The van der Waals surface area contributed by atoms with Crippen molar-refractivity contribution in [1.82, 2.24) is 0 Å². The molecule has 9 aromatic rings. The van der Waals surface area contributed by atoms with E-state index in [0.29, 0.717) is 0 Å². The minimum atomic E-state index is 1.11. The molecule has 0 saturated carbocycles. The zero-order valence-electron chi connectivity index (χ0n) is 28.4. The van der Waals surface area contributed by atoms with E-state index in [1.807, 2.05) is 0 Å². The van der Waals surface area contributed by atoms with Crippen LogP contribution in [0.3, 0.4) is 0 Å². The number of anilines is 6. The predicted octanol–water partition coefficient (Wildman–Crippen LogP) is 14.2. The van der Waals surface area contributed by atoms with E-state index in [2.05, 4.69) is 204 Å². The Bertz CT molecular complexity index is 2580. The minimum Gasteiger partial charge on any atom is -0.310 e. The molecule has 2 aliphatic carbocycles.